The van der Waals surface area contributed by atoms with Gasteiger partial charge in [0.2, 0.25) is 0 Å². The number of ether oxygens (including phenoxy) is 1. The number of morpholine rings is 1. The lowest BCUT2D eigenvalue weighted by atomic mass is 10.2. The minimum atomic E-state index is -0.170. The molecule has 3 nitrogen and oxygen atoms in total. The van der Waals surface area contributed by atoms with E-state index in [1.54, 1.807) is 12.1 Å². The summed E-state index contributed by atoms with van der Waals surface area (Å²) < 4.78 is 21.1. The summed E-state index contributed by atoms with van der Waals surface area (Å²) in [6, 6.07) is 7.53. The Labute approximate surface area is 118 Å². The summed E-state index contributed by atoms with van der Waals surface area (Å²) in [5, 5.41) is 0.988. The smallest absolute Gasteiger partial charge is 0.123 e. The summed E-state index contributed by atoms with van der Waals surface area (Å²) in [4.78, 5) is 2.40. The third kappa shape index (κ3) is 2.58. The number of fused-ring (bicyclic) bond motifs is 1. The normalized spacial score (nSPS) is 17.2. The van der Waals surface area contributed by atoms with Crippen molar-refractivity contribution in [3.63, 3.8) is 0 Å². The van der Waals surface area contributed by atoms with Crippen LogP contribution >= 0.6 is 0 Å². The Balaban J connectivity index is 1.97. The molecule has 0 spiro atoms. The van der Waals surface area contributed by atoms with Crippen molar-refractivity contribution in [3.05, 3.63) is 35.8 Å². The van der Waals surface area contributed by atoms with Crippen LogP contribution in [0.1, 0.15) is 25.6 Å². The first kappa shape index (κ1) is 13.6. The molecule has 1 aliphatic rings. The fourth-order valence-electron chi connectivity index (χ4n) is 2.98. The van der Waals surface area contributed by atoms with Gasteiger partial charge in [-0.15, -0.1) is 0 Å². The minimum absolute atomic E-state index is 0.170. The molecule has 1 aromatic carbocycles. The summed E-state index contributed by atoms with van der Waals surface area (Å²) in [5.74, 6) is -0.170. The van der Waals surface area contributed by atoms with Crippen molar-refractivity contribution in [3.8, 4) is 0 Å². The summed E-state index contributed by atoms with van der Waals surface area (Å²) in [5.41, 5.74) is 2.37. The highest BCUT2D eigenvalue weighted by Crippen LogP contribution is 2.26. The molecule has 1 aromatic heterocycles. The average molecular weight is 276 g/mol. The molecule has 0 aliphatic carbocycles. The molecule has 1 aliphatic heterocycles. The SMILES string of the molecule is CC(C)n1c(CN2CCOCC2)cc2cc(F)ccc21. The van der Waals surface area contributed by atoms with Crippen molar-refractivity contribution in [1.82, 2.24) is 9.47 Å². The Hall–Kier alpha value is -1.39. The van der Waals surface area contributed by atoms with Crippen molar-refractivity contribution < 1.29 is 9.13 Å². The van der Waals surface area contributed by atoms with Crippen LogP contribution < -0.4 is 0 Å². The second kappa shape index (κ2) is 5.54. The van der Waals surface area contributed by atoms with Crippen LogP contribution in [0.25, 0.3) is 10.9 Å². The molecule has 0 unspecified atom stereocenters. The molecule has 3 rings (SSSR count). The van der Waals surface area contributed by atoms with Crippen molar-refractivity contribution in [2.24, 2.45) is 0 Å². The van der Waals surface area contributed by atoms with Gasteiger partial charge in [-0.25, -0.2) is 4.39 Å². The number of benzene rings is 1. The third-order valence-electron chi connectivity index (χ3n) is 3.89. The molecule has 0 atom stereocenters. The second-order valence-corrected chi connectivity index (χ2v) is 5.69. The molecule has 1 saturated heterocycles. The number of nitrogens with zero attached hydrogens (tertiary/aromatic N) is 2. The Morgan fingerprint density at radius 3 is 2.65 bits per heavy atom. The van der Waals surface area contributed by atoms with E-state index in [4.69, 9.17) is 4.74 Å². The zero-order valence-electron chi connectivity index (χ0n) is 12.1. The maximum atomic E-state index is 13.4. The van der Waals surface area contributed by atoms with Crippen LogP contribution in [0.3, 0.4) is 0 Å². The fourth-order valence-corrected chi connectivity index (χ4v) is 2.98. The van der Waals surface area contributed by atoms with Crippen LogP contribution in [0.4, 0.5) is 4.39 Å². The third-order valence-corrected chi connectivity index (χ3v) is 3.89. The number of aromatic nitrogens is 1. The summed E-state index contributed by atoms with van der Waals surface area (Å²) in [7, 11) is 0. The van der Waals surface area contributed by atoms with Gasteiger partial charge in [-0.1, -0.05) is 0 Å². The Morgan fingerprint density at radius 1 is 1.20 bits per heavy atom. The first-order chi connectivity index (χ1) is 9.65. The maximum Gasteiger partial charge on any atom is 0.123 e. The number of hydrogen-bond donors (Lipinski definition) is 0. The van der Waals surface area contributed by atoms with Crippen LogP contribution in [0.15, 0.2) is 24.3 Å². The van der Waals surface area contributed by atoms with E-state index in [1.165, 1.54) is 5.69 Å². The van der Waals surface area contributed by atoms with Gasteiger partial charge >= 0.3 is 0 Å². The highest BCUT2D eigenvalue weighted by Gasteiger charge is 2.16. The number of hydrogen-bond acceptors (Lipinski definition) is 2. The first-order valence-corrected chi connectivity index (χ1v) is 7.24. The van der Waals surface area contributed by atoms with Crippen LogP contribution in [0.5, 0.6) is 0 Å². The predicted molar refractivity (Wildman–Crippen MR) is 78.4 cm³/mol. The van der Waals surface area contributed by atoms with E-state index in [2.05, 4.69) is 29.4 Å². The van der Waals surface area contributed by atoms with Gasteiger partial charge in [0.15, 0.2) is 0 Å². The van der Waals surface area contributed by atoms with E-state index >= 15 is 0 Å². The van der Waals surface area contributed by atoms with E-state index in [0.29, 0.717) is 6.04 Å². The summed E-state index contributed by atoms with van der Waals surface area (Å²) in [6.07, 6.45) is 0. The van der Waals surface area contributed by atoms with E-state index in [0.717, 1.165) is 43.8 Å². The van der Waals surface area contributed by atoms with Crippen molar-refractivity contribution >= 4 is 10.9 Å². The van der Waals surface area contributed by atoms with E-state index < -0.39 is 0 Å². The molecule has 0 N–H and O–H groups in total. The average Bonchev–Trinajstić information content (AvgIpc) is 2.76. The summed E-state index contributed by atoms with van der Waals surface area (Å²) >= 11 is 0. The number of halogens is 1. The topological polar surface area (TPSA) is 17.4 Å². The Kier molecular flexibility index (Phi) is 3.76. The van der Waals surface area contributed by atoms with Crippen molar-refractivity contribution in [2.75, 3.05) is 26.3 Å². The van der Waals surface area contributed by atoms with Gasteiger partial charge in [-0.05, 0) is 38.1 Å². The standard InChI is InChI=1S/C16H21FN2O/c1-12(2)19-15(11-18-5-7-20-8-6-18)10-13-9-14(17)3-4-16(13)19/h3-4,9-10,12H,5-8,11H2,1-2H3. The van der Waals surface area contributed by atoms with Gasteiger partial charge in [0.05, 0.1) is 13.2 Å². The molecule has 0 saturated carbocycles. The largest absolute Gasteiger partial charge is 0.379 e. The van der Waals surface area contributed by atoms with Gasteiger partial charge in [0.1, 0.15) is 5.82 Å². The van der Waals surface area contributed by atoms with Crippen LogP contribution in [0.2, 0.25) is 0 Å². The monoisotopic (exact) mass is 276 g/mol. The molecule has 20 heavy (non-hydrogen) atoms. The highest BCUT2D eigenvalue weighted by atomic mass is 19.1. The van der Waals surface area contributed by atoms with Gasteiger partial charge < -0.3 is 9.30 Å². The molecular weight excluding hydrogens is 255 g/mol. The number of rotatable bonds is 3. The lowest BCUT2D eigenvalue weighted by Crippen LogP contribution is -2.36. The first-order valence-electron chi connectivity index (χ1n) is 7.24. The quantitative estimate of drug-likeness (QED) is 0.856. The van der Waals surface area contributed by atoms with Crippen LogP contribution in [-0.2, 0) is 11.3 Å². The Morgan fingerprint density at radius 2 is 1.95 bits per heavy atom. The van der Waals surface area contributed by atoms with Crippen LogP contribution in [-0.4, -0.2) is 35.8 Å². The molecule has 108 valence electrons. The molecule has 0 radical (unpaired) electrons. The maximum absolute atomic E-state index is 13.4. The summed E-state index contributed by atoms with van der Waals surface area (Å²) in [6.45, 7) is 8.78. The zero-order valence-corrected chi connectivity index (χ0v) is 12.1. The van der Waals surface area contributed by atoms with E-state index in [-0.39, 0.29) is 5.82 Å². The molecule has 0 bridgehead atoms. The van der Waals surface area contributed by atoms with Crippen molar-refractivity contribution in [2.45, 2.75) is 26.4 Å². The minimum Gasteiger partial charge on any atom is -0.379 e. The molecule has 4 heteroatoms. The van der Waals surface area contributed by atoms with Gasteiger partial charge in [0.25, 0.3) is 0 Å². The van der Waals surface area contributed by atoms with E-state index in [9.17, 15) is 4.39 Å². The molecule has 1 fully saturated rings. The molecule has 0 amide bonds. The fraction of sp³-hybridized carbons (Fsp3) is 0.500. The zero-order chi connectivity index (χ0) is 14.1. The van der Waals surface area contributed by atoms with Crippen LogP contribution in [0, 0.1) is 5.82 Å². The lowest BCUT2D eigenvalue weighted by Gasteiger charge is -2.27. The second-order valence-electron chi connectivity index (χ2n) is 5.69. The predicted octanol–water partition coefficient (Wildman–Crippen LogP) is 3.19. The van der Waals surface area contributed by atoms with E-state index in [1.807, 2.05) is 6.07 Å². The molecule has 2 aromatic rings. The highest BCUT2D eigenvalue weighted by molar-refractivity contribution is 5.81. The van der Waals surface area contributed by atoms with Gasteiger partial charge in [0, 0.05) is 42.3 Å². The van der Waals surface area contributed by atoms with Crippen molar-refractivity contribution in [1.29, 1.82) is 0 Å². The van der Waals surface area contributed by atoms with Gasteiger partial charge in [-0.3, -0.25) is 4.90 Å². The Bertz CT molecular complexity index is 600. The van der Waals surface area contributed by atoms with Gasteiger partial charge in [-0.2, -0.15) is 0 Å². The molecular formula is C16H21FN2O. The molecule has 2 heterocycles. The lowest BCUT2D eigenvalue weighted by molar-refractivity contribution is 0.0331.